The molecule has 0 bridgehead atoms. The van der Waals surface area contributed by atoms with Gasteiger partial charge in [-0.3, -0.25) is 9.48 Å². The first-order valence-electron chi connectivity index (χ1n) is 7.99. The van der Waals surface area contributed by atoms with Gasteiger partial charge in [-0.05, 0) is 49.6 Å². The van der Waals surface area contributed by atoms with Crippen LogP contribution in [0.4, 0.5) is 5.82 Å². The van der Waals surface area contributed by atoms with Crippen LogP contribution in [0.2, 0.25) is 0 Å². The summed E-state index contributed by atoms with van der Waals surface area (Å²) in [4.78, 5) is 12.3. The molecule has 1 amide bonds. The standard InChI is InChI=1S/C20H21N3O/c1-14-5-4-6-17(11-14)13-23-10-9-19(22-23)21-20(24)18-8-7-15(2)16(3)12-18/h4-12H,13H2,1-3H3,(H,21,22,24). The first-order chi connectivity index (χ1) is 11.5. The number of amides is 1. The van der Waals surface area contributed by atoms with E-state index in [1.807, 2.05) is 55.1 Å². The Hall–Kier alpha value is -2.88. The number of nitrogens with zero attached hydrogens (tertiary/aromatic N) is 2. The summed E-state index contributed by atoms with van der Waals surface area (Å²) in [6.07, 6.45) is 1.87. The van der Waals surface area contributed by atoms with Crippen molar-refractivity contribution in [1.82, 2.24) is 9.78 Å². The van der Waals surface area contributed by atoms with Gasteiger partial charge >= 0.3 is 0 Å². The lowest BCUT2D eigenvalue weighted by Gasteiger charge is -2.06. The normalized spacial score (nSPS) is 10.6. The molecule has 1 heterocycles. The summed E-state index contributed by atoms with van der Waals surface area (Å²) < 4.78 is 1.82. The molecule has 4 heteroatoms. The number of anilines is 1. The molecule has 0 spiro atoms. The predicted octanol–water partition coefficient (Wildman–Crippen LogP) is 4.11. The topological polar surface area (TPSA) is 46.9 Å². The van der Waals surface area contributed by atoms with Gasteiger partial charge in [-0.2, -0.15) is 5.10 Å². The molecule has 3 rings (SSSR count). The van der Waals surface area contributed by atoms with E-state index in [1.165, 1.54) is 16.7 Å². The molecule has 4 nitrogen and oxygen atoms in total. The number of carbonyl (C=O) groups is 1. The monoisotopic (exact) mass is 319 g/mol. The minimum Gasteiger partial charge on any atom is -0.305 e. The number of nitrogens with one attached hydrogen (secondary N) is 1. The van der Waals surface area contributed by atoms with Crippen LogP contribution in [0.5, 0.6) is 0 Å². The second-order valence-corrected chi connectivity index (χ2v) is 6.14. The molecular weight excluding hydrogens is 298 g/mol. The molecule has 1 N–H and O–H groups in total. The molecular formula is C20H21N3O. The summed E-state index contributed by atoms with van der Waals surface area (Å²) in [6.45, 7) is 6.79. The third-order valence-corrected chi connectivity index (χ3v) is 4.08. The van der Waals surface area contributed by atoms with Gasteiger partial charge in [0.15, 0.2) is 5.82 Å². The Labute approximate surface area is 142 Å². The van der Waals surface area contributed by atoms with Gasteiger partial charge in [-0.15, -0.1) is 0 Å². The molecule has 0 aliphatic rings. The second kappa shape index (κ2) is 6.71. The van der Waals surface area contributed by atoms with Gasteiger partial charge in [0.1, 0.15) is 0 Å². The first kappa shape index (κ1) is 16.0. The molecule has 0 fully saturated rings. The smallest absolute Gasteiger partial charge is 0.256 e. The van der Waals surface area contributed by atoms with Crippen molar-refractivity contribution in [1.29, 1.82) is 0 Å². The van der Waals surface area contributed by atoms with E-state index in [9.17, 15) is 4.79 Å². The highest BCUT2D eigenvalue weighted by atomic mass is 16.1. The van der Waals surface area contributed by atoms with Gasteiger partial charge in [0.05, 0.1) is 6.54 Å². The van der Waals surface area contributed by atoms with Crippen LogP contribution >= 0.6 is 0 Å². The maximum atomic E-state index is 12.3. The van der Waals surface area contributed by atoms with Gasteiger partial charge in [-0.1, -0.05) is 35.9 Å². The van der Waals surface area contributed by atoms with Crippen LogP contribution in [0.25, 0.3) is 0 Å². The molecule has 0 aliphatic heterocycles. The highest BCUT2D eigenvalue weighted by molar-refractivity contribution is 6.03. The van der Waals surface area contributed by atoms with Crippen LogP contribution in [-0.2, 0) is 6.54 Å². The highest BCUT2D eigenvalue weighted by Gasteiger charge is 2.09. The summed E-state index contributed by atoms with van der Waals surface area (Å²) in [5.74, 6) is 0.421. The molecule has 2 aromatic carbocycles. The van der Waals surface area contributed by atoms with Crippen LogP contribution in [-0.4, -0.2) is 15.7 Å². The average Bonchev–Trinajstić information content (AvgIpc) is 2.97. The third kappa shape index (κ3) is 3.71. The summed E-state index contributed by atoms with van der Waals surface area (Å²) in [5, 5.41) is 7.28. The fraction of sp³-hybridized carbons (Fsp3) is 0.200. The average molecular weight is 319 g/mol. The Morgan fingerprint density at radius 1 is 1.04 bits per heavy atom. The number of hydrogen-bond donors (Lipinski definition) is 1. The number of aryl methyl sites for hydroxylation is 3. The largest absolute Gasteiger partial charge is 0.305 e. The van der Waals surface area contributed by atoms with Crippen LogP contribution < -0.4 is 5.32 Å². The van der Waals surface area contributed by atoms with Crippen molar-refractivity contribution in [3.05, 3.63) is 82.5 Å². The number of carbonyl (C=O) groups excluding carboxylic acids is 1. The van der Waals surface area contributed by atoms with Gasteiger partial charge in [0, 0.05) is 17.8 Å². The zero-order chi connectivity index (χ0) is 17.1. The van der Waals surface area contributed by atoms with Crippen molar-refractivity contribution in [2.24, 2.45) is 0 Å². The first-order valence-corrected chi connectivity index (χ1v) is 7.99. The zero-order valence-electron chi connectivity index (χ0n) is 14.2. The Morgan fingerprint density at radius 3 is 2.62 bits per heavy atom. The zero-order valence-corrected chi connectivity index (χ0v) is 14.2. The quantitative estimate of drug-likeness (QED) is 0.786. The second-order valence-electron chi connectivity index (χ2n) is 6.14. The van der Waals surface area contributed by atoms with E-state index in [2.05, 4.69) is 35.5 Å². The van der Waals surface area contributed by atoms with Crippen LogP contribution in [0.15, 0.2) is 54.7 Å². The van der Waals surface area contributed by atoms with Gasteiger partial charge in [0.25, 0.3) is 5.91 Å². The van der Waals surface area contributed by atoms with Crippen molar-refractivity contribution >= 4 is 11.7 Å². The minimum atomic E-state index is -0.140. The van der Waals surface area contributed by atoms with Gasteiger partial charge in [0.2, 0.25) is 0 Å². The van der Waals surface area contributed by atoms with Crippen LogP contribution in [0.3, 0.4) is 0 Å². The fourth-order valence-electron chi connectivity index (χ4n) is 2.59. The van der Waals surface area contributed by atoms with Crippen LogP contribution in [0.1, 0.15) is 32.6 Å². The predicted molar refractivity (Wildman–Crippen MR) is 96.4 cm³/mol. The fourth-order valence-corrected chi connectivity index (χ4v) is 2.59. The van der Waals surface area contributed by atoms with E-state index < -0.39 is 0 Å². The van der Waals surface area contributed by atoms with E-state index in [1.54, 1.807) is 0 Å². The van der Waals surface area contributed by atoms with E-state index in [0.29, 0.717) is 17.9 Å². The van der Waals surface area contributed by atoms with Gasteiger partial charge in [-0.25, -0.2) is 0 Å². The van der Waals surface area contributed by atoms with E-state index in [-0.39, 0.29) is 5.91 Å². The highest BCUT2D eigenvalue weighted by Crippen LogP contribution is 2.13. The van der Waals surface area contributed by atoms with Crippen molar-refractivity contribution in [2.75, 3.05) is 5.32 Å². The molecule has 0 saturated carbocycles. The van der Waals surface area contributed by atoms with Crippen molar-refractivity contribution in [3.63, 3.8) is 0 Å². The lowest BCUT2D eigenvalue weighted by Crippen LogP contribution is -2.13. The maximum absolute atomic E-state index is 12.3. The Bertz CT molecular complexity index is 880. The maximum Gasteiger partial charge on any atom is 0.256 e. The molecule has 3 aromatic rings. The Balaban J connectivity index is 1.69. The molecule has 0 aliphatic carbocycles. The molecule has 0 unspecified atom stereocenters. The summed E-state index contributed by atoms with van der Waals surface area (Å²) in [7, 11) is 0. The molecule has 0 radical (unpaired) electrons. The molecule has 1 aromatic heterocycles. The number of benzene rings is 2. The molecule has 24 heavy (non-hydrogen) atoms. The van der Waals surface area contributed by atoms with Crippen molar-refractivity contribution in [2.45, 2.75) is 27.3 Å². The van der Waals surface area contributed by atoms with Gasteiger partial charge < -0.3 is 5.32 Å². The molecule has 0 atom stereocenters. The third-order valence-electron chi connectivity index (χ3n) is 4.08. The van der Waals surface area contributed by atoms with E-state index in [4.69, 9.17) is 0 Å². The lowest BCUT2D eigenvalue weighted by atomic mass is 10.1. The number of aromatic nitrogens is 2. The summed E-state index contributed by atoms with van der Waals surface area (Å²) in [6, 6.07) is 15.8. The lowest BCUT2D eigenvalue weighted by molar-refractivity contribution is 0.102. The van der Waals surface area contributed by atoms with Crippen LogP contribution in [0, 0.1) is 20.8 Å². The van der Waals surface area contributed by atoms with E-state index in [0.717, 1.165) is 5.56 Å². The molecule has 0 saturated heterocycles. The minimum absolute atomic E-state index is 0.140. The van der Waals surface area contributed by atoms with Crippen molar-refractivity contribution in [3.8, 4) is 0 Å². The number of rotatable bonds is 4. The van der Waals surface area contributed by atoms with Crippen molar-refractivity contribution < 1.29 is 4.79 Å². The van der Waals surface area contributed by atoms with E-state index >= 15 is 0 Å². The Kier molecular flexibility index (Phi) is 4.47. The summed E-state index contributed by atoms with van der Waals surface area (Å²) >= 11 is 0. The summed E-state index contributed by atoms with van der Waals surface area (Å²) in [5.41, 5.74) is 5.33. The SMILES string of the molecule is Cc1cccc(Cn2ccc(NC(=O)c3ccc(C)c(C)c3)n2)c1. The number of hydrogen-bond acceptors (Lipinski definition) is 2. The Morgan fingerprint density at radius 2 is 1.88 bits per heavy atom. The molecule has 122 valence electrons.